The molecule has 0 aliphatic heterocycles. The molecule has 4 nitrogen and oxygen atoms in total. The first-order chi connectivity index (χ1) is 9.08. The van der Waals surface area contributed by atoms with E-state index in [-0.39, 0.29) is 12.0 Å². The Hall–Kier alpha value is -1.07. The Balaban J connectivity index is 2.60. The van der Waals surface area contributed by atoms with Crippen LogP contribution < -0.4 is 10.1 Å². The largest absolute Gasteiger partial charge is 0.493 e. The molecule has 0 aliphatic carbocycles. The number of benzene rings is 1. The third-order valence-corrected chi connectivity index (χ3v) is 3.38. The minimum atomic E-state index is -0.205. The highest BCUT2D eigenvalue weighted by Gasteiger charge is 2.11. The van der Waals surface area contributed by atoms with Crippen LogP contribution in [0.5, 0.6) is 5.75 Å². The maximum Gasteiger partial charge on any atom is 0.305 e. The fourth-order valence-electron chi connectivity index (χ4n) is 1.65. The van der Waals surface area contributed by atoms with Crippen molar-refractivity contribution in [3.63, 3.8) is 0 Å². The molecule has 0 saturated heterocycles. The van der Waals surface area contributed by atoms with Gasteiger partial charge in [0.1, 0.15) is 5.75 Å². The smallest absolute Gasteiger partial charge is 0.305 e. The Labute approximate surface area is 122 Å². The van der Waals surface area contributed by atoms with E-state index in [0.29, 0.717) is 19.4 Å². The van der Waals surface area contributed by atoms with Crippen molar-refractivity contribution < 1.29 is 14.3 Å². The molecule has 0 fully saturated rings. The highest BCUT2D eigenvalue weighted by molar-refractivity contribution is 9.10. The summed E-state index contributed by atoms with van der Waals surface area (Å²) in [5, 5.41) is 3.19. The van der Waals surface area contributed by atoms with Gasteiger partial charge in [-0.3, -0.25) is 4.79 Å². The van der Waals surface area contributed by atoms with Crippen LogP contribution in [0.25, 0.3) is 0 Å². The second kappa shape index (κ2) is 8.17. The quantitative estimate of drug-likeness (QED) is 0.617. The Kier molecular flexibility index (Phi) is 6.87. The molecule has 0 radical (unpaired) electrons. The van der Waals surface area contributed by atoms with E-state index in [1.54, 1.807) is 0 Å². The molecular weight excluding hydrogens is 310 g/mol. The lowest BCUT2D eigenvalue weighted by atomic mass is 10.1. The Bertz CT molecular complexity index is 423. The van der Waals surface area contributed by atoms with Crippen molar-refractivity contribution in [3.8, 4) is 5.75 Å². The van der Waals surface area contributed by atoms with Gasteiger partial charge in [0.15, 0.2) is 0 Å². The van der Waals surface area contributed by atoms with E-state index < -0.39 is 0 Å². The van der Waals surface area contributed by atoms with Gasteiger partial charge >= 0.3 is 5.97 Å². The number of hydrogen-bond donors (Lipinski definition) is 1. The number of carbonyl (C=O) groups is 1. The number of methoxy groups -OCH3 is 1. The minimum Gasteiger partial charge on any atom is -0.493 e. The Morgan fingerprint density at radius 2 is 2.21 bits per heavy atom. The third-order valence-electron chi connectivity index (χ3n) is 2.88. The standard InChI is InChI=1S/C14H20BrNO3/c1-10(16-2)12-9-11(15)6-7-13(12)19-8-4-5-14(17)18-3/h6-7,9-10,16H,4-5,8H2,1-3H3. The maximum absolute atomic E-state index is 11.0. The van der Waals surface area contributed by atoms with Crippen LogP contribution in [0.3, 0.4) is 0 Å². The van der Waals surface area contributed by atoms with Crippen LogP contribution in [0, 0.1) is 0 Å². The summed E-state index contributed by atoms with van der Waals surface area (Å²) >= 11 is 3.46. The highest BCUT2D eigenvalue weighted by atomic mass is 79.9. The van der Waals surface area contributed by atoms with Gasteiger partial charge in [-0.25, -0.2) is 0 Å². The van der Waals surface area contributed by atoms with Crippen molar-refractivity contribution in [2.45, 2.75) is 25.8 Å². The first-order valence-electron chi connectivity index (χ1n) is 6.24. The molecule has 0 aliphatic rings. The van der Waals surface area contributed by atoms with Gasteiger partial charge in [0.2, 0.25) is 0 Å². The second-order valence-electron chi connectivity index (χ2n) is 4.22. The molecule has 1 N–H and O–H groups in total. The molecule has 19 heavy (non-hydrogen) atoms. The summed E-state index contributed by atoms with van der Waals surface area (Å²) in [5.74, 6) is 0.637. The van der Waals surface area contributed by atoms with Crippen LogP contribution >= 0.6 is 15.9 Å². The first-order valence-corrected chi connectivity index (χ1v) is 7.04. The van der Waals surface area contributed by atoms with E-state index in [1.807, 2.05) is 25.2 Å². The van der Waals surface area contributed by atoms with Gasteiger partial charge < -0.3 is 14.8 Å². The molecule has 1 aromatic carbocycles. The van der Waals surface area contributed by atoms with Crippen LogP contribution in [0.2, 0.25) is 0 Å². The predicted molar refractivity (Wildman–Crippen MR) is 78.4 cm³/mol. The van der Waals surface area contributed by atoms with Gasteiger partial charge in [-0.1, -0.05) is 15.9 Å². The van der Waals surface area contributed by atoms with Crippen LogP contribution in [0.1, 0.15) is 31.4 Å². The number of nitrogens with one attached hydrogen (secondary N) is 1. The van der Waals surface area contributed by atoms with Gasteiger partial charge in [0.05, 0.1) is 13.7 Å². The van der Waals surface area contributed by atoms with Crippen molar-refractivity contribution >= 4 is 21.9 Å². The molecule has 0 saturated carbocycles. The predicted octanol–water partition coefficient (Wildman–Crippen LogP) is 3.06. The molecule has 0 heterocycles. The Morgan fingerprint density at radius 3 is 2.84 bits per heavy atom. The fraction of sp³-hybridized carbons (Fsp3) is 0.500. The molecule has 0 spiro atoms. The van der Waals surface area contributed by atoms with Crippen molar-refractivity contribution in [1.29, 1.82) is 0 Å². The lowest BCUT2D eigenvalue weighted by Crippen LogP contribution is -2.14. The minimum absolute atomic E-state index is 0.202. The topological polar surface area (TPSA) is 47.6 Å². The lowest BCUT2D eigenvalue weighted by molar-refractivity contribution is -0.140. The monoisotopic (exact) mass is 329 g/mol. The summed E-state index contributed by atoms with van der Waals surface area (Å²) in [6.07, 6.45) is 1.03. The third kappa shape index (κ3) is 5.20. The summed E-state index contributed by atoms with van der Waals surface area (Å²) in [5.41, 5.74) is 1.09. The molecule has 0 bridgehead atoms. The molecule has 1 rings (SSSR count). The molecule has 0 amide bonds. The summed E-state index contributed by atoms with van der Waals surface area (Å²) in [6.45, 7) is 2.57. The van der Waals surface area contributed by atoms with Crippen LogP contribution in [-0.4, -0.2) is 26.7 Å². The number of ether oxygens (including phenoxy) is 2. The average molecular weight is 330 g/mol. The molecule has 1 atom stereocenters. The van der Waals surface area contributed by atoms with E-state index in [4.69, 9.17) is 4.74 Å². The molecule has 0 aromatic heterocycles. The first kappa shape index (κ1) is 16.0. The van der Waals surface area contributed by atoms with Crippen LogP contribution in [0.15, 0.2) is 22.7 Å². The summed E-state index contributed by atoms with van der Waals surface area (Å²) < 4.78 is 11.3. The number of esters is 1. The van der Waals surface area contributed by atoms with E-state index in [9.17, 15) is 4.79 Å². The molecule has 5 heteroatoms. The van der Waals surface area contributed by atoms with E-state index in [0.717, 1.165) is 15.8 Å². The van der Waals surface area contributed by atoms with Crippen LogP contribution in [0.4, 0.5) is 0 Å². The molecule has 106 valence electrons. The zero-order chi connectivity index (χ0) is 14.3. The van der Waals surface area contributed by atoms with Gasteiger partial charge in [0, 0.05) is 22.5 Å². The lowest BCUT2D eigenvalue weighted by Gasteiger charge is -2.17. The zero-order valence-corrected chi connectivity index (χ0v) is 13.1. The highest BCUT2D eigenvalue weighted by Crippen LogP contribution is 2.28. The van der Waals surface area contributed by atoms with Crippen molar-refractivity contribution in [3.05, 3.63) is 28.2 Å². The van der Waals surface area contributed by atoms with E-state index >= 15 is 0 Å². The SMILES string of the molecule is CNC(C)c1cc(Br)ccc1OCCCC(=O)OC. The van der Waals surface area contributed by atoms with Gasteiger partial charge in [-0.2, -0.15) is 0 Å². The summed E-state index contributed by atoms with van der Waals surface area (Å²) in [6, 6.07) is 6.12. The van der Waals surface area contributed by atoms with Crippen molar-refractivity contribution in [2.75, 3.05) is 20.8 Å². The fourth-order valence-corrected chi connectivity index (χ4v) is 2.02. The molecule has 1 unspecified atom stereocenters. The molecule has 1 aromatic rings. The van der Waals surface area contributed by atoms with Crippen molar-refractivity contribution in [1.82, 2.24) is 5.32 Å². The van der Waals surface area contributed by atoms with Crippen LogP contribution in [-0.2, 0) is 9.53 Å². The zero-order valence-electron chi connectivity index (χ0n) is 11.5. The van der Waals surface area contributed by atoms with Gasteiger partial charge in [-0.05, 0) is 38.6 Å². The number of halogens is 1. The van der Waals surface area contributed by atoms with E-state index in [2.05, 4.69) is 32.9 Å². The maximum atomic E-state index is 11.0. The summed E-state index contributed by atoms with van der Waals surface area (Å²) in [7, 11) is 3.30. The van der Waals surface area contributed by atoms with Gasteiger partial charge in [0.25, 0.3) is 0 Å². The summed E-state index contributed by atoms with van der Waals surface area (Å²) in [4.78, 5) is 11.0. The Morgan fingerprint density at radius 1 is 1.47 bits per heavy atom. The van der Waals surface area contributed by atoms with Crippen molar-refractivity contribution in [2.24, 2.45) is 0 Å². The van der Waals surface area contributed by atoms with Gasteiger partial charge in [-0.15, -0.1) is 0 Å². The molecular formula is C14H20BrNO3. The number of hydrogen-bond acceptors (Lipinski definition) is 4. The number of carbonyl (C=O) groups excluding carboxylic acids is 1. The van der Waals surface area contributed by atoms with E-state index in [1.165, 1.54) is 7.11 Å². The number of rotatable bonds is 7. The normalized spacial score (nSPS) is 12.0. The second-order valence-corrected chi connectivity index (χ2v) is 5.14. The average Bonchev–Trinajstić information content (AvgIpc) is 2.43.